The first-order valence-electron chi connectivity index (χ1n) is 18.0. The first-order chi connectivity index (χ1) is 22.9. The van der Waals surface area contributed by atoms with Crippen LogP contribution in [0.4, 0.5) is 0 Å². The van der Waals surface area contributed by atoms with Crippen LogP contribution in [-0.4, -0.2) is 72.5 Å². The molecule has 49 heavy (non-hydrogen) atoms. The number of carboxylic acids is 6. The summed E-state index contributed by atoms with van der Waals surface area (Å²) in [6.45, 7) is 14.2. The SMILES string of the molecule is CC(C)CC(N)C(=O)O.CCCCCC(=O)O.CCCCCC(=O)O.CCCCCC(=O)O.CCCCCC(=O)O.CCCCCC(=O)O. The zero-order valence-corrected chi connectivity index (χ0v) is 31.7. The first-order valence-corrected chi connectivity index (χ1v) is 18.0. The lowest BCUT2D eigenvalue weighted by molar-refractivity contribution is -0.139. The van der Waals surface area contributed by atoms with Gasteiger partial charge >= 0.3 is 35.8 Å². The topological polar surface area (TPSA) is 250 Å². The highest BCUT2D eigenvalue weighted by Crippen LogP contribution is 2.02. The Morgan fingerprint density at radius 1 is 0.408 bits per heavy atom. The van der Waals surface area contributed by atoms with E-state index in [-0.39, 0.29) is 0 Å². The first kappa shape index (κ1) is 58.0. The fourth-order valence-electron chi connectivity index (χ4n) is 3.24. The van der Waals surface area contributed by atoms with Gasteiger partial charge < -0.3 is 36.4 Å². The van der Waals surface area contributed by atoms with Gasteiger partial charge in [-0.25, -0.2) is 0 Å². The molecule has 0 amide bonds. The number of unbranched alkanes of at least 4 members (excludes halogenated alkanes) is 10. The molecule has 0 aliphatic carbocycles. The molecular weight excluding hydrogens is 638 g/mol. The maximum absolute atomic E-state index is 10.1. The van der Waals surface area contributed by atoms with Crippen LogP contribution in [0.25, 0.3) is 0 Å². The molecular formula is C36H73NO12. The molecule has 0 bridgehead atoms. The number of hydrogen-bond acceptors (Lipinski definition) is 7. The van der Waals surface area contributed by atoms with Crippen molar-refractivity contribution < 1.29 is 59.4 Å². The van der Waals surface area contributed by atoms with Crippen molar-refractivity contribution in [2.45, 2.75) is 189 Å². The molecule has 0 fully saturated rings. The number of carbonyl (C=O) groups is 6. The van der Waals surface area contributed by atoms with Crippen LogP contribution in [0.15, 0.2) is 0 Å². The van der Waals surface area contributed by atoms with Gasteiger partial charge in [0.1, 0.15) is 6.04 Å². The summed E-state index contributed by atoms with van der Waals surface area (Å²) in [5.74, 6) is -3.97. The minimum Gasteiger partial charge on any atom is -0.481 e. The average molecular weight is 712 g/mol. The highest BCUT2D eigenvalue weighted by atomic mass is 16.4. The summed E-state index contributed by atoms with van der Waals surface area (Å²) < 4.78 is 0. The van der Waals surface area contributed by atoms with E-state index >= 15 is 0 Å². The van der Waals surface area contributed by atoms with E-state index in [0.717, 1.165) is 96.3 Å². The second-order valence-electron chi connectivity index (χ2n) is 11.8. The van der Waals surface area contributed by atoms with E-state index in [9.17, 15) is 28.8 Å². The van der Waals surface area contributed by atoms with Gasteiger partial charge in [0.15, 0.2) is 0 Å². The van der Waals surface area contributed by atoms with Crippen LogP contribution >= 0.6 is 0 Å². The van der Waals surface area contributed by atoms with Crippen molar-refractivity contribution in [2.24, 2.45) is 11.7 Å². The van der Waals surface area contributed by atoms with Gasteiger partial charge in [0.05, 0.1) is 0 Å². The molecule has 13 nitrogen and oxygen atoms in total. The minimum atomic E-state index is -0.913. The molecule has 0 aliphatic rings. The van der Waals surface area contributed by atoms with Crippen LogP contribution in [0, 0.1) is 5.92 Å². The van der Waals surface area contributed by atoms with E-state index in [1.165, 1.54) is 0 Å². The second-order valence-corrected chi connectivity index (χ2v) is 11.8. The van der Waals surface area contributed by atoms with Crippen molar-refractivity contribution in [1.82, 2.24) is 0 Å². The summed E-state index contributed by atoms with van der Waals surface area (Å²) in [6, 6.07) is -0.690. The van der Waals surface area contributed by atoms with Crippen molar-refractivity contribution in [3.05, 3.63) is 0 Å². The highest BCUT2D eigenvalue weighted by molar-refractivity contribution is 5.73. The monoisotopic (exact) mass is 712 g/mol. The molecule has 0 aromatic carbocycles. The van der Waals surface area contributed by atoms with Crippen molar-refractivity contribution >= 4 is 35.8 Å². The van der Waals surface area contributed by atoms with Gasteiger partial charge in [-0.3, -0.25) is 28.8 Å². The van der Waals surface area contributed by atoms with Gasteiger partial charge in [0, 0.05) is 32.1 Å². The molecule has 13 heteroatoms. The zero-order valence-electron chi connectivity index (χ0n) is 31.7. The molecule has 1 unspecified atom stereocenters. The van der Waals surface area contributed by atoms with E-state index in [1.54, 1.807) is 0 Å². The molecule has 0 aromatic heterocycles. The van der Waals surface area contributed by atoms with Crippen LogP contribution in [0.5, 0.6) is 0 Å². The van der Waals surface area contributed by atoms with Gasteiger partial charge in [0.2, 0.25) is 0 Å². The van der Waals surface area contributed by atoms with E-state index < -0.39 is 41.9 Å². The molecule has 0 aliphatic heterocycles. The molecule has 8 N–H and O–H groups in total. The molecule has 294 valence electrons. The molecule has 1 atom stereocenters. The molecule has 0 radical (unpaired) electrons. The summed E-state index contributed by atoms with van der Waals surface area (Å²) in [5.41, 5.74) is 5.22. The average Bonchev–Trinajstić information content (AvgIpc) is 2.98. The predicted octanol–water partition coefficient (Wildman–Crippen LogP) is 8.70. The lowest BCUT2D eigenvalue weighted by Gasteiger charge is -2.07. The maximum Gasteiger partial charge on any atom is 0.320 e. The van der Waals surface area contributed by atoms with Crippen molar-refractivity contribution in [3.63, 3.8) is 0 Å². The molecule has 0 heterocycles. The Morgan fingerprint density at radius 3 is 0.673 bits per heavy atom. The number of nitrogens with two attached hydrogens (primary N) is 1. The van der Waals surface area contributed by atoms with Crippen LogP contribution in [-0.2, 0) is 28.8 Å². The summed E-state index contributed by atoms with van der Waals surface area (Å²) >= 11 is 0. The fraction of sp³-hybridized carbons (Fsp3) is 0.833. The third kappa shape index (κ3) is 92.4. The van der Waals surface area contributed by atoms with Crippen molar-refractivity contribution in [3.8, 4) is 0 Å². The molecule has 0 saturated heterocycles. The highest BCUT2D eigenvalue weighted by Gasteiger charge is 2.12. The van der Waals surface area contributed by atoms with E-state index in [4.69, 9.17) is 36.4 Å². The predicted molar refractivity (Wildman–Crippen MR) is 194 cm³/mol. The third-order valence-electron chi connectivity index (χ3n) is 6.01. The smallest absolute Gasteiger partial charge is 0.320 e. The quantitative estimate of drug-likeness (QED) is 0.0490. The van der Waals surface area contributed by atoms with Crippen LogP contribution in [0.1, 0.15) is 183 Å². The summed E-state index contributed by atoms with van der Waals surface area (Å²) in [4.78, 5) is 59.5. The molecule has 0 spiro atoms. The number of carboxylic acid groups (broad SMARTS) is 6. The van der Waals surface area contributed by atoms with E-state index in [2.05, 4.69) is 34.6 Å². The molecule has 0 saturated carbocycles. The Balaban J connectivity index is -0.000000113. The van der Waals surface area contributed by atoms with Gasteiger partial charge in [-0.2, -0.15) is 0 Å². The lowest BCUT2D eigenvalue weighted by atomic mass is 10.1. The zero-order chi connectivity index (χ0) is 39.5. The maximum atomic E-state index is 10.1. The van der Waals surface area contributed by atoms with Crippen LogP contribution in [0.3, 0.4) is 0 Å². The van der Waals surface area contributed by atoms with Gasteiger partial charge in [0.25, 0.3) is 0 Å². The minimum absolute atomic E-state index is 0.327. The summed E-state index contributed by atoms with van der Waals surface area (Å²) in [7, 11) is 0. The summed E-state index contributed by atoms with van der Waals surface area (Å²) in [5, 5.41) is 49.0. The van der Waals surface area contributed by atoms with Crippen molar-refractivity contribution in [1.29, 1.82) is 0 Å². The molecule has 0 aromatic rings. The number of aliphatic carboxylic acids is 6. The largest absolute Gasteiger partial charge is 0.481 e. The Hall–Kier alpha value is -3.22. The van der Waals surface area contributed by atoms with Gasteiger partial charge in [-0.15, -0.1) is 0 Å². The standard InChI is InChI=1S/C6H13NO2.5C6H12O2/c1-4(2)3-5(7)6(8)9;5*1-2-3-4-5-6(7)8/h4-5H,3,7H2,1-2H3,(H,8,9);5*2-5H2,1H3,(H,7,8). The fourth-order valence-corrected chi connectivity index (χ4v) is 3.24. The van der Waals surface area contributed by atoms with Crippen LogP contribution < -0.4 is 5.73 Å². The van der Waals surface area contributed by atoms with Crippen molar-refractivity contribution in [2.75, 3.05) is 0 Å². The third-order valence-corrected chi connectivity index (χ3v) is 6.01. The van der Waals surface area contributed by atoms with E-state index in [1.807, 2.05) is 13.8 Å². The summed E-state index contributed by atoms with van der Waals surface area (Å²) in [6.07, 6.45) is 16.9. The normalized spacial score (nSPS) is 9.98. The lowest BCUT2D eigenvalue weighted by Crippen LogP contribution is -2.31. The van der Waals surface area contributed by atoms with Crippen LogP contribution in [0.2, 0.25) is 0 Å². The van der Waals surface area contributed by atoms with E-state index in [0.29, 0.717) is 44.4 Å². The van der Waals surface area contributed by atoms with Gasteiger partial charge in [-0.1, -0.05) is 113 Å². The molecule has 0 rings (SSSR count). The second kappa shape index (κ2) is 49.2. The number of rotatable bonds is 23. The van der Waals surface area contributed by atoms with Gasteiger partial charge in [-0.05, 0) is 44.4 Å². The Labute approximate surface area is 296 Å². The Bertz CT molecular complexity index is 657. The Morgan fingerprint density at radius 2 is 0.592 bits per heavy atom. The Kier molecular flexibility index (Phi) is 58.2. The number of hydrogen-bond donors (Lipinski definition) is 7.